The molecular weight excluding hydrogens is 414 g/mol. The summed E-state index contributed by atoms with van der Waals surface area (Å²) in [7, 11) is -3.78. The Hall–Kier alpha value is -0.930. The molecule has 1 heterocycles. The zero-order valence-electron chi connectivity index (χ0n) is 10.0. The molecule has 3 rings (SSSR count). The van der Waals surface area contributed by atoms with E-state index in [-0.39, 0.29) is 16.8 Å². The minimum absolute atomic E-state index is 0.0954. The molecule has 1 saturated carbocycles. The standard InChI is InChI=1S/C11H9Br2N3O3S/c12-7-3-4-8(13)9(5-7)20(17,18)16-11-15-14-10(19-11)6-1-2-6/h3-6H,1-2H2,(H,15,16). The first-order chi connectivity index (χ1) is 9.45. The molecule has 106 valence electrons. The molecule has 2 aromatic rings. The lowest BCUT2D eigenvalue weighted by Gasteiger charge is -2.06. The summed E-state index contributed by atoms with van der Waals surface area (Å²) >= 11 is 6.45. The SMILES string of the molecule is O=S(=O)(Nc1nnc(C2CC2)o1)c1cc(Br)ccc1Br. The second-order valence-corrected chi connectivity index (χ2v) is 7.82. The number of benzene rings is 1. The van der Waals surface area contributed by atoms with Gasteiger partial charge in [0.25, 0.3) is 10.0 Å². The van der Waals surface area contributed by atoms with Crippen molar-refractivity contribution in [1.29, 1.82) is 0 Å². The summed E-state index contributed by atoms with van der Waals surface area (Å²) in [4.78, 5) is 0.0954. The van der Waals surface area contributed by atoms with Crippen LogP contribution in [0.15, 0.2) is 36.5 Å². The number of sulfonamides is 1. The highest BCUT2D eigenvalue weighted by molar-refractivity contribution is 9.11. The van der Waals surface area contributed by atoms with Crippen LogP contribution in [0.4, 0.5) is 6.01 Å². The highest BCUT2D eigenvalue weighted by Gasteiger charge is 2.30. The van der Waals surface area contributed by atoms with Crippen LogP contribution in [0.2, 0.25) is 0 Å². The molecule has 0 saturated heterocycles. The summed E-state index contributed by atoms with van der Waals surface area (Å²) in [6.45, 7) is 0. The predicted molar refractivity (Wildman–Crippen MR) is 78.9 cm³/mol. The van der Waals surface area contributed by atoms with E-state index in [2.05, 4.69) is 46.8 Å². The van der Waals surface area contributed by atoms with E-state index in [0.717, 1.165) is 12.8 Å². The van der Waals surface area contributed by atoms with Crippen molar-refractivity contribution in [2.24, 2.45) is 0 Å². The monoisotopic (exact) mass is 421 g/mol. The highest BCUT2D eigenvalue weighted by Crippen LogP contribution is 2.39. The predicted octanol–water partition coefficient (Wildman–Crippen LogP) is 3.27. The molecular formula is C11H9Br2N3O3S. The largest absolute Gasteiger partial charge is 0.407 e. The number of anilines is 1. The van der Waals surface area contributed by atoms with E-state index in [1.807, 2.05) is 0 Å². The topological polar surface area (TPSA) is 85.1 Å². The normalized spacial score (nSPS) is 15.3. The van der Waals surface area contributed by atoms with Gasteiger partial charge in [-0.3, -0.25) is 0 Å². The van der Waals surface area contributed by atoms with Crippen LogP contribution in [0.3, 0.4) is 0 Å². The summed E-state index contributed by atoms with van der Waals surface area (Å²) in [5.74, 6) is 0.759. The summed E-state index contributed by atoms with van der Waals surface area (Å²) in [6, 6.07) is 4.76. The molecule has 0 unspecified atom stereocenters. The molecule has 0 spiro atoms. The zero-order chi connectivity index (χ0) is 14.3. The van der Waals surface area contributed by atoms with E-state index >= 15 is 0 Å². The van der Waals surface area contributed by atoms with Crippen molar-refractivity contribution in [1.82, 2.24) is 10.2 Å². The Balaban J connectivity index is 1.89. The smallest absolute Gasteiger partial charge is 0.329 e. The van der Waals surface area contributed by atoms with E-state index in [1.54, 1.807) is 12.1 Å². The van der Waals surface area contributed by atoms with Crippen molar-refractivity contribution in [3.8, 4) is 0 Å². The van der Waals surface area contributed by atoms with Gasteiger partial charge in [0.05, 0.1) is 0 Å². The lowest BCUT2D eigenvalue weighted by atomic mass is 10.4. The Bertz CT molecular complexity index is 756. The maximum atomic E-state index is 12.3. The van der Waals surface area contributed by atoms with Gasteiger partial charge in [-0.1, -0.05) is 21.0 Å². The Kier molecular flexibility index (Phi) is 3.59. The Morgan fingerprint density at radius 1 is 1.25 bits per heavy atom. The zero-order valence-corrected chi connectivity index (χ0v) is 14.0. The van der Waals surface area contributed by atoms with Crippen LogP contribution in [0, 0.1) is 0 Å². The van der Waals surface area contributed by atoms with Crippen LogP contribution < -0.4 is 4.72 Å². The van der Waals surface area contributed by atoms with Crippen LogP contribution in [0.5, 0.6) is 0 Å². The molecule has 1 aliphatic rings. The number of rotatable bonds is 4. The molecule has 1 aromatic heterocycles. The number of nitrogens with one attached hydrogen (secondary N) is 1. The second-order valence-electron chi connectivity index (χ2n) is 4.40. The molecule has 0 atom stereocenters. The fourth-order valence-electron chi connectivity index (χ4n) is 1.62. The minimum atomic E-state index is -3.78. The van der Waals surface area contributed by atoms with Gasteiger partial charge in [0, 0.05) is 14.9 Å². The molecule has 1 aromatic carbocycles. The Morgan fingerprint density at radius 3 is 2.70 bits per heavy atom. The molecule has 1 N–H and O–H groups in total. The maximum absolute atomic E-state index is 12.3. The van der Waals surface area contributed by atoms with Crippen LogP contribution in [0.25, 0.3) is 0 Å². The third kappa shape index (κ3) is 2.89. The summed E-state index contributed by atoms with van der Waals surface area (Å²) in [6.07, 6.45) is 2.01. The van der Waals surface area contributed by atoms with Crippen molar-refractivity contribution in [2.45, 2.75) is 23.7 Å². The van der Waals surface area contributed by atoms with Gasteiger partial charge in [-0.15, -0.1) is 5.10 Å². The number of hydrogen-bond acceptors (Lipinski definition) is 5. The van der Waals surface area contributed by atoms with Crippen molar-refractivity contribution >= 4 is 47.9 Å². The lowest BCUT2D eigenvalue weighted by Crippen LogP contribution is -2.13. The van der Waals surface area contributed by atoms with Crippen molar-refractivity contribution in [3.63, 3.8) is 0 Å². The third-order valence-electron chi connectivity index (χ3n) is 2.77. The number of hydrogen-bond donors (Lipinski definition) is 1. The molecule has 6 nitrogen and oxygen atoms in total. The van der Waals surface area contributed by atoms with Gasteiger partial charge in [-0.05, 0) is 47.0 Å². The van der Waals surface area contributed by atoms with Gasteiger partial charge in [-0.25, -0.2) is 13.1 Å². The molecule has 1 aliphatic carbocycles. The van der Waals surface area contributed by atoms with E-state index in [4.69, 9.17) is 4.42 Å². The van der Waals surface area contributed by atoms with E-state index in [0.29, 0.717) is 14.8 Å². The third-order valence-corrected chi connectivity index (χ3v) is 5.58. The number of halogens is 2. The second kappa shape index (κ2) is 5.12. The summed E-state index contributed by atoms with van der Waals surface area (Å²) in [5.41, 5.74) is 0. The van der Waals surface area contributed by atoms with Gasteiger partial charge in [0.15, 0.2) is 0 Å². The maximum Gasteiger partial charge on any atom is 0.329 e. The minimum Gasteiger partial charge on any atom is -0.407 e. The van der Waals surface area contributed by atoms with Crippen LogP contribution >= 0.6 is 31.9 Å². The molecule has 0 amide bonds. The van der Waals surface area contributed by atoms with Crippen molar-refractivity contribution in [3.05, 3.63) is 33.0 Å². The van der Waals surface area contributed by atoms with Gasteiger partial charge >= 0.3 is 6.01 Å². The average Bonchev–Trinajstić information content (AvgIpc) is 3.13. The van der Waals surface area contributed by atoms with E-state index in [9.17, 15) is 8.42 Å². The Morgan fingerprint density at radius 2 is 2.00 bits per heavy atom. The average molecular weight is 423 g/mol. The fourth-order valence-corrected chi connectivity index (χ4v) is 4.05. The molecule has 9 heteroatoms. The van der Waals surface area contributed by atoms with Crippen molar-refractivity contribution in [2.75, 3.05) is 4.72 Å². The quantitative estimate of drug-likeness (QED) is 0.817. The lowest BCUT2D eigenvalue weighted by molar-refractivity contribution is 0.510. The molecule has 20 heavy (non-hydrogen) atoms. The van der Waals surface area contributed by atoms with Crippen LogP contribution in [-0.4, -0.2) is 18.6 Å². The van der Waals surface area contributed by atoms with Crippen molar-refractivity contribution < 1.29 is 12.8 Å². The first-order valence-electron chi connectivity index (χ1n) is 5.77. The van der Waals surface area contributed by atoms with E-state index in [1.165, 1.54) is 6.07 Å². The number of nitrogens with zero attached hydrogens (tertiary/aromatic N) is 2. The van der Waals surface area contributed by atoms with Crippen LogP contribution in [-0.2, 0) is 10.0 Å². The van der Waals surface area contributed by atoms with Gasteiger partial charge in [0.2, 0.25) is 5.89 Å². The summed E-state index contributed by atoms with van der Waals surface area (Å²) < 4.78 is 33.3. The van der Waals surface area contributed by atoms with Gasteiger partial charge in [-0.2, -0.15) is 0 Å². The molecule has 0 bridgehead atoms. The van der Waals surface area contributed by atoms with Gasteiger partial charge < -0.3 is 4.42 Å². The van der Waals surface area contributed by atoms with E-state index < -0.39 is 10.0 Å². The van der Waals surface area contributed by atoms with Gasteiger partial charge in [0.1, 0.15) is 4.90 Å². The number of aromatic nitrogens is 2. The molecule has 0 radical (unpaired) electrons. The summed E-state index contributed by atoms with van der Waals surface area (Å²) in [5, 5.41) is 7.54. The first-order valence-corrected chi connectivity index (χ1v) is 8.84. The van der Waals surface area contributed by atoms with Crippen LogP contribution in [0.1, 0.15) is 24.7 Å². The molecule has 0 aliphatic heterocycles. The highest BCUT2D eigenvalue weighted by atomic mass is 79.9. The first kappa shape index (κ1) is 14.0. The molecule has 1 fully saturated rings. The Labute approximate surface area is 132 Å². The fraction of sp³-hybridized carbons (Fsp3) is 0.273.